The number of amides is 5. The summed E-state index contributed by atoms with van der Waals surface area (Å²) in [6, 6.07) is 0.0226. The van der Waals surface area contributed by atoms with Gasteiger partial charge < -0.3 is 26.2 Å². The zero-order valence-corrected chi connectivity index (χ0v) is 32.2. The maximum absolute atomic E-state index is 14.5. The number of fused-ring (bicyclic) bond motifs is 1. The van der Waals surface area contributed by atoms with E-state index in [-0.39, 0.29) is 42.8 Å². The van der Waals surface area contributed by atoms with Crippen LogP contribution in [0.2, 0.25) is 0 Å². The fourth-order valence-electron chi connectivity index (χ4n) is 6.73. The van der Waals surface area contributed by atoms with E-state index in [1.165, 1.54) is 30.3 Å². The van der Waals surface area contributed by atoms with Crippen LogP contribution in [0.4, 0.5) is 4.79 Å². The number of carbonyl (C=O) groups excluding carboxylic acids is 5. The molecular formula is C37H55N7O7S. The van der Waals surface area contributed by atoms with Gasteiger partial charge in [-0.05, 0) is 54.1 Å². The first-order valence-electron chi connectivity index (χ1n) is 17.7. The molecule has 1 aliphatic heterocycles. The number of pyridine rings is 1. The van der Waals surface area contributed by atoms with Crippen LogP contribution in [-0.4, -0.2) is 103 Å². The number of nitrogens with zero attached hydrogens (tertiary/aromatic N) is 3. The molecule has 6 atom stereocenters. The molecule has 2 aliphatic rings. The van der Waals surface area contributed by atoms with Crippen molar-refractivity contribution in [3.05, 3.63) is 37.1 Å². The van der Waals surface area contributed by atoms with Crippen LogP contribution in [0.25, 0.3) is 0 Å². The lowest BCUT2D eigenvalue weighted by molar-refractivity contribution is -0.144. The van der Waals surface area contributed by atoms with Crippen LogP contribution in [0.5, 0.6) is 0 Å². The molecule has 286 valence electrons. The number of sulfonamides is 1. The molecule has 2 fully saturated rings. The van der Waals surface area contributed by atoms with Crippen molar-refractivity contribution >= 4 is 39.6 Å². The average Bonchev–Trinajstić information content (AvgIpc) is 3.68. The summed E-state index contributed by atoms with van der Waals surface area (Å²) in [5, 5.41) is 10.8. The highest BCUT2D eigenvalue weighted by molar-refractivity contribution is 7.89. The van der Waals surface area contributed by atoms with E-state index in [1.807, 2.05) is 20.8 Å². The number of aromatic nitrogens is 1. The van der Waals surface area contributed by atoms with E-state index < -0.39 is 74.6 Å². The largest absolute Gasteiger partial charge is 0.346 e. The van der Waals surface area contributed by atoms with Gasteiger partial charge in [0, 0.05) is 45.3 Å². The van der Waals surface area contributed by atoms with E-state index in [0.29, 0.717) is 13.0 Å². The minimum absolute atomic E-state index is 0.0387. The lowest BCUT2D eigenvalue weighted by atomic mass is 9.85. The van der Waals surface area contributed by atoms with Gasteiger partial charge in [0.2, 0.25) is 17.6 Å². The molecule has 0 spiro atoms. The Morgan fingerprint density at radius 2 is 1.77 bits per heavy atom. The highest BCUT2D eigenvalue weighted by atomic mass is 32.2. The number of hydrogen-bond acceptors (Lipinski definition) is 8. The Balaban J connectivity index is 1.84. The molecule has 3 rings (SSSR count). The highest BCUT2D eigenvalue weighted by Crippen LogP contribution is 2.43. The third-order valence-electron chi connectivity index (χ3n) is 9.77. The standard InChI is InChI=1S/C37H55N7O7S/c1-10-12-18-26(30(45)33(47)39-20-11-2)40-32(46)29-25-17-15-16-24(25)22-44(29)34(48)31(37(6,7)8)42-35(49)41-27(36(3,4)5)23-43(9)52(50,51)28-19-13-14-21-38-28/h1,11,13-14,19,21,24-27,29,31H,2,12,15-18,20,22-23H2,3-9H3,(H,39,47)(H,40,46)(H2,41,42,49)/t24-,25-,26?,27+,29-,31+/m0/s1. The Kier molecular flexibility index (Phi) is 14.2. The van der Waals surface area contributed by atoms with Gasteiger partial charge >= 0.3 is 6.03 Å². The number of likely N-dealkylation sites (tertiary alicyclic amines) is 1. The molecular weight excluding hydrogens is 687 g/mol. The molecule has 1 aliphatic carbocycles. The molecule has 52 heavy (non-hydrogen) atoms. The maximum atomic E-state index is 14.5. The number of rotatable bonds is 15. The summed E-state index contributed by atoms with van der Waals surface area (Å²) in [5.41, 5.74) is -1.41. The maximum Gasteiger partial charge on any atom is 0.315 e. The van der Waals surface area contributed by atoms with Gasteiger partial charge in [0.05, 0.1) is 6.04 Å². The van der Waals surface area contributed by atoms with Crippen molar-refractivity contribution in [1.82, 2.24) is 35.5 Å². The molecule has 1 aromatic heterocycles. The lowest BCUT2D eigenvalue weighted by Gasteiger charge is -2.38. The van der Waals surface area contributed by atoms with Crippen molar-refractivity contribution in [3.63, 3.8) is 0 Å². The SMILES string of the molecule is C#CCCC(NC(=O)[C@@H]1[C@H]2CCC[C@H]2CN1C(=O)[C@@H](NC(=O)N[C@H](CN(C)S(=O)(=O)c1ccccn1)C(C)(C)C)C(C)(C)C)C(=O)C(=O)NCC=C. The van der Waals surface area contributed by atoms with Crippen molar-refractivity contribution in [2.24, 2.45) is 22.7 Å². The molecule has 1 saturated heterocycles. The number of urea groups is 1. The second-order valence-electron chi connectivity index (χ2n) is 15.7. The summed E-state index contributed by atoms with van der Waals surface area (Å²) in [5.74, 6) is -0.423. The van der Waals surface area contributed by atoms with Crippen LogP contribution in [0, 0.1) is 35.0 Å². The summed E-state index contributed by atoms with van der Waals surface area (Å²) in [4.78, 5) is 73.3. The number of nitrogens with one attached hydrogen (secondary N) is 4. The van der Waals surface area contributed by atoms with E-state index >= 15 is 0 Å². The van der Waals surface area contributed by atoms with Crippen LogP contribution in [0.15, 0.2) is 42.1 Å². The lowest BCUT2D eigenvalue weighted by Crippen LogP contribution is -2.62. The van der Waals surface area contributed by atoms with Crippen LogP contribution in [-0.2, 0) is 29.2 Å². The number of Topliss-reactive ketones (excluding diaryl/α,β-unsaturated/α-hetero) is 1. The van der Waals surface area contributed by atoms with E-state index in [0.717, 1.165) is 17.1 Å². The second-order valence-corrected chi connectivity index (χ2v) is 17.7. The molecule has 1 unspecified atom stereocenters. The van der Waals surface area contributed by atoms with E-state index in [1.54, 1.807) is 32.9 Å². The number of hydrogen-bond donors (Lipinski definition) is 4. The quantitative estimate of drug-likeness (QED) is 0.120. The first kappa shape index (κ1) is 42.1. The van der Waals surface area contributed by atoms with Crippen LogP contribution in [0.3, 0.4) is 0 Å². The Hall–Kier alpha value is -4.29. The van der Waals surface area contributed by atoms with Crippen molar-refractivity contribution in [1.29, 1.82) is 0 Å². The van der Waals surface area contributed by atoms with E-state index in [2.05, 4.69) is 38.8 Å². The normalized spacial score (nSPS) is 20.5. The third-order valence-corrected chi connectivity index (χ3v) is 11.5. The minimum atomic E-state index is -3.96. The molecule has 2 heterocycles. The number of carbonyl (C=O) groups is 5. The fourth-order valence-corrected chi connectivity index (χ4v) is 7.84. The zero-order valence-electron chi connectivity index (χ0n) is 31.4. The highest BCUT2D eigenvalue weighted by Gasteiger charge is 2.52. The van der Waals surface area contributed by atoms with Gasteiger partial charge in [0.15, 0.2) is 5.03 Å². The van der Waals surface area contributed by atoms with E-state index in [9.17, 15) is 32.4 Å². The first-order valence-corrected chi connectivity index (χ1v) is 19.1. The molecule has 1 saturated carbocycles. The van der Waals surface area contributed by atoms with Crippen LogP contribution in [0.1, 0.15) is 73.6 Å². The number of likely N-dealkylation sites (N-methyl/N-ethyl adjacent to an activating group) is 1. The summed E-state index contributed by atoms with van der Waals surface area (Å²) in [6.07, 6.45) is 10.8. The number of terminal acetylenes is 1. The summed E-state index contributed by atoms with van der Waals surface area (Å²) in [7, 11) is -2.54. The van der Waals surface area contributed by atoms with Crippen molar-refractivity contribution < 1.29 is 32.4 Å². The Morgan fingerprint density at radius 3 is 2.35 bits per heavy atom. The first-order chi connectivity index (χ1) is 24.2. The Bertz CT molecular complexity index is 1630. The van der Waals surface area contributed by atoms with E-state index in [4.69, 9.17) is 6.42 Å². The van der Waals surface area contributed by atoms with Crippen molar-refractivity contribution in [2.45, 2.75) is 103 Å². The molecule has 4 N–H and O–H groups in total. The Morgan fingerprint density at radius 1 is 1.08 bits per heavy atom. The average molecular weight is 742 g/mol. The molecule has 0 bridgehead atoms. The summed E-state index contributed by atoms with van der Waals surface area (Å²) in [6.45, 7) is 14.8. The molecule has 14 nitrogen and oxygen atoms in total. The van der Waals surface area contributed by atoms with Crippen LogP contribution >= 0.6 is 0 Å². The van der Waals surface area contributed by atoms with Gasteiger partial charge in [-0.1, -0.05) is 60.1 Å². The molecule has 0 radical (unpaired) electrons. The van der Waals surface area contributed by atoms with Gasteiger partial charge in [0.1, 0.15) is 12.1 Å². The predicted octanol–water partition coefficient (Wildman–Crippen LogP) is 2.23. The zero-order chi connectivity index (χ0) is 39.0. The van der Waals surface area contributed by atoms with Gasteiger partial charge in [-0.15, -0.1) is 18.9 Å². The topological polar surface area (TPSA) is 187 Å². The Labute approximate surface area is 308 Å². The molecule has 0 aromatic carbocycles. The monoisotopic (exact) mass is 741 g/mol. The van der Waals surface area contributed by atoms with Gasteiger partial charge in [-0.2, -0.15) is 4.31 Å². The van der Waals surface area contributed by atoms with Gasteiger partial charge in [0.25, 0.3) is 15.9 Å². The van der Waals surface area contributed by atoms with Gasteiger partial charge in [-0.25, -0.2) is 18.2 Å². The summed E-state index contributed by atoms with van der Waals surface area (Å²) < 4.78 is 27.6. The summed E-state index contributed by atoms with van der Waals surface area (Å²) >= 11 is 0. The molecule has 5 amide bonds. The second kappa shape index (κ2) is 17.5. The molecule has 1 aromatic rings. The molecule has 15 heteroatoms. The predicted molar refractivity (Wildman–Crippen MR) is 197 cm³/mol. The van der Waals surface area contributed by atoms with Crippen molar-refractivity contribution in [2.75, 3.05) is 26.7 Å². The minimum Gasteiger partial charge on any atom is -0.346 e. The van der Waals surface area contributed by atoms with Gasteiger partial charge in [-0.3, -0.25) is 19.2 Å². The van der Waals surface area contributed by atoms with Crippen molar-refractivity contribution in [3.8, 4) is 12.3 Å². The fraction of sp³-hybridized carbons (Fsp3) is 0.622. The van der Waals surface area contributed by atoms with Crippen LogP contribution < -0.4 is 21.3 Å². The smallest absolute Gasteiger partial charge is 0.315 e. The third kappa shape index (κ3) is 10.4. The number of ketones is 1.